The number of methoxy groups -OCH3 is 1. The molecule has 0 aliphatic heterocycles. The highest BCUT2D eigenvalue weighted by Gasteiger charge is 2.29. The van der Waals surface area contributed by atoms with Crippen LogP contribution in [-0.2, 0) is 13.2 Å². The maximum Gasteiger partial charge on any atom is 0.387 e. The lowest BCUT2D eigenvalue weighted by Gasteiger charge is -2.16. The molecule has 0 radical (unpaired) electrons. The van der Waals surface area contributed by atoms with Crippen LogP contribution in [0, 0.1) is 0 Å². The van der Waals surface area contributed by atoms with Crippen molar-refractivity contribution in [2.24, 2.45) is 0 Å². The number of hydrogen-bond acceptors (Lipinski definition) is 6. The van der Waals surface area contributed by atoms with Crippen LogP contribution in [-0.4, -0.2) is 44.6 Å². The van der Waals surface area contributed by atoms with E-state index in [2.05, 4.69) is 15.3 Å². The van der Waals surface area contributed by atoms with Crippen LogP contribution in [0.2, 0.25) is 0 Å². The number of carbonyl (C=O) groups excluding carboxylic acids is 1. The van der Waals surface area contributed by atoms with Gasteiger partial charge >= 0.3 is 6.61 Å². The molecule has 1 aliphatic carbocycles. The Morgan fingerprint density at radius 1 is 1.19 bits per heavy atom. The number of carbonyl (C=O) groups is 1. The molecule has 188 valence electrons. The zero-order valence-electron chi connectivity index (χ0n) is 19.8. The van der Waals surface area contributed by atoms with Crippen LogP contribution in [0.5, 0.6) is 17.2 Å². The molecule has 1 saturated carbocycles. The Balaban J connectivity index is 1.46. The second-order valence-corrected chi connectivity index (χ2v) is 8.33. The highest BCUT2D eigenvalue weighted by Crippen LogP contribution is 2.37. The van der Waals surface area contributed by atoms with Crippen molar-refractivity contribution in [3.63, 3.8) is 0 Å². The smallest absolute Gasteiger partial charge is 0.387 e. The van der Waals surface area contributed by atoms with Crippen molar-refractivity contribution < 1.29 is 27.8 Å². The minimum absolute atomic E-state index is 0.0403. The number of alkyl halides is 2. The third-order valence-corrected chi connectivity index (χ3v) is 5.93. The molecule has 3 aromatic heterocycles. The quantitative estimate of drug-likeness (QED) is 0.351. The molecule has 0 unspecified atom stereocenters. The van der Waals surface area contributed by atoms with Crippen LogP contribution < -0.4 is 19.5 Å². The van der Waals surface area contributed by atoms with Gasteiger partial charge in [-0.05, 0) is 38.0 Å². The predicted molar refractivity (Wildman–Crippen MR) is 127 cm³/mol. The number of hydrogen-bond donors (Lipinski definition) is 1. The van der Waals surface area contributed by atoms with Gasteiger partial charge in [0.1, 0.15) is 40.9 Å². The highest BCUT2D eigenvalue weighted by atomic mass is 19.3. The summed E-state index contributed by atoms with van der Waals surface area (Å²) in [6.07, 6.45) is 8.71. The summed E-state index contributed by atoms with van der Waals surface area (Å²) in [7, 11) is 1.38. The molecule has 0 atom stereocenters. The molecule has 9 nitrogen and oxygen atoms in total. The standard InChI is InChI=1S/C25H25F2N5O4/c1-3-31-9-7-28-22(31)14-35-17-6-8-32-18(13-29-21(32)12-17)15-10-19(34-2)23(20(11-15)36-25(26)27)24(33)30-16-4-5-16/h6-13,16,25H,3-5,14H2,1-2H3,(H,30,33). The van der Waals surface area contributed by atoms with Gasteiger partial charge < -0.3 is 24.1 Å². The van der Waals surface area contributed by atoms with Gasteiger partial charge in [-0.1, -0.05) is 0 Å². The summed E-state index contributed by atoms with van der Waals surface area (Å²) in [5.41, 5.74) is 1.62. The number of amides is 1. The Morgan fingerprint density at radius 2 is 2.00 bits per heavy atom. The molecule has 1 aromatic carbocycles. The number of rotatable bonds is 10. The number of aromatic nitrogens is 4. The zero-order valence-corrected chi connectivity index (χ0v) is 19.8. The van der Waals surface area contributed by atoms with Crippen molar-refractivity contribution in [3.8, 4) is 28.5 Å². The van der Waals surface area contributed by atoms with Crippen molar-refractivity contribution in [2.75, 3.05) is 7.11 Å². The summed E-state index contributed by atoms with van der Waals surface area (Å²) >= 11 is 0. The number of halogens is 2. The molecule has 5 rings (SSSR count). The van der Waals surface area contributed by atoms with E-state index in [0.717, 1.165) is 25.2 Å². The van der Waals surface area contributed by atoms with E-state index in [1.807, 2.05) is 17.7 Å². The molecule has 36 heavy (non-hydrogen) atoms. The maximum absolute atomic E-state index is 13.2. The summed E-state index contributed by atoms with van der Waals surface area (Å²) in [6.45, 7) is 0.0220. The minimum Gasteiger partial charge on any atom is -0.496 e. The van der Waals surface area contributed by atoms with E-state index >= 15 is 0 Å². The first-order valence-electron chi connectivity index (χ1n) is 11.5. The van der Waals surface area contributed by atoms with E-state index in [0.29, 0.717) is 29.3 Å². The number of ether oxygens (including phenoxy) is 3. The summed E-state index contributed by atoms with van der Waals surface area (Å²) in [6, 6.07) is 6.60. The number of nitrogens with zero attached hydrogens (tertiary/aromatic N) is 4. The monoisotopic (exact) mass is 497 g/mol. The largest absolute Gasteiger partial charge is 0.496 e. The fourth-order valence-corrected chi connectivity index (χ4v) is 3.98. The number of benzene rings is 1. The lowest BCUT2D eigenvalue weighted by Crippen LogP contribution is -2.26. The predicted octanol–water partition coefficient (Wildman–Crippen LogP) is 4.30. The molecule has 1 aliphatic rings. The van der Waals surface area contributed by atoms with E-state index in [-0.39, 0.29) is 23.1 Å². The van der Waals surface area contributed by atoms with Crippen LogP contribution in [0.25, 0.3) is 16.9 Å². The molecule has 1 N–H and O–H groups in total. The van der Waals surface area contributed by atoms with Gasteiger partial charge in [0, 0.05) is 42.8 Å². The number of fused-ring (bicyclic) bond motifs is 1. The van der Waals surface area contributed by atoms with E-state index < -0.39 is 12.5 Å². The lowest BCUT2D eigenvalue weighted by atomic mass is 10.1. The first-order valence-corrected chi connectivity index (χ1v) is 11.5. The zero-order chi connectivity index (χ0) is 25.2. The Morgan fingerprint density at radius 3 is 2.72 bits per heavy atom. The summed E-state index contributed by atoms with van der Waals surface area (Å²) < 4.78 is 46.3. The van der Waals surface area contributed by atoms with Crippen molar-refractivity contribution in [3.05, 3.63) is 60.4 Å². The number of pyridine rings is 1. The average Bonchev–Trinajstić information content (AvgIpc) is 3.39. The molecular formula is C25H25F2N5O4. The molecule has 0 saturated heterocycles. The Labute approximate surface area is 205 Å². The van der Waals surface area contributed by atoms with Gasteiger partial charge in [0.15, 0.2) is 0 Å². The van der Waals surface area contributed by atoms with Gasteiger partial charge in [-0.25, -0.2) is 9.97 Å². The molecule has 0 spiro atoms. The molecular weight excluding hydrogens is 472 g/mol. The average molecular weight is 498 g/mol. The lowest BCUT2D eigenvalue weighted by molar-refractivity contribution is -0.0502. The summed E-state index contributed by atoms with van der Waals surface area (Å²) in [4.78, 5) is 21.5. The normalized spacial score (nSPS) is 13.2. The molecule has 0 bridgehead atoms. The van der Waals surface area contributed by atoms with Gasteiger partial charge in [-0.3, -0.25) is 9.20 Å². The second-order valence-electron chi connectivity index (χ2n) is 8.33. The number of imidazole rings is 2. The van der Waals surface area contributed by atoms with Gasteiger partial charge in [-0.15, -0.1) is 0 Å². The third-order valence-electron chi connectivity index (χ3n) is 5.93. The molecule has 4 aromatic rings. The number of aryl methyl sites for hydroxylation is 1. The van der Waals surface area contributed by atoms with Crippen LogP contribution >= 0.6 is 0 Å². The van der Waals surface area contributed by atoms with Crippen molar-refractivity contribution in [1.29, 1.82) is 0 Å². The topological polar surface area (TPSA) is 91.9 Å². The fraction of sp³-hybridized carbons (Fsp3) is 0.320. The maximum atomic E-state index is 13.2. The van der Waals surface area contributed by atoms with Crippen LogP contribution in [0.4, 0.5) is 8.78 Å². The number of nitrogens with one attached hydrogen (secondary N) is 1. The Bertz CT molecular complexity index is 1400. The summed E-state index contributed by atoms with van der Waals surface area (Å²) in [5, 5.41) is 2.80. The van der Waals surface area contributed by atoms with Crippen molar-refractivity contribution >= 4 is 11.6 Å². The van der Waals surface area contributed by atoms with E-state index in [9.17, 15) is 13.6 Å². The van der Waals surface area contributed by atoms with E-state index in [1.54, 1.807) is 41.2 Å². The van der Waals surface area contributed by atoms with Crippen LogP contribution in [0.3, 0.4) is 0 Å². The van der Waals surface area contributed by atoms with Gasteiger partial charge in [0.25, 0.3) is 5.91 Å². The van der Waals surface area contributed by atoms with Crippen molar-refractivity contribution in [1.82, 2.24) is 24.3 Å². The third kappa shape index (κ3) is 4.81. The molecule has 1 amide bonds. The minimum atomic E-state index is -3.11. The molecule has 11 heteroatoms. The highest BCUT2D eigenvalue weighted by molar-refractivity contribution is 6.01. The fourth-order valence-electron chi connectivity index (χ4n) is 3.98. The Kier molecular flexibility index (Phi) is 6.45. The first kappa shape index (κ1) is 23.6. The molecule has 3 heterocycles. The first-order chi connectivity index (χ1) is 17.5. The van der Waals surface area contributed by atoms with Gasteiger partial charge in [-0.2, -0.15) is 8.78 Å². The second kappa shape index (κ2) is 9.84. The van der Waals surface area contributed by atoms with Gasteiger partial charge in [0.05, 0.1) is 19.0 Å². The van der Waals surface area contributed by atoms with Crippen LogP contribution in [0.15, 0.2) is 49.1 Å². The Hall–Kier alpha value is -4.15. The van der Waals surface area contributed by atoms with Gasteiger partial charge in [0.2, 0.25) is 0 Å². The SMILES string of the molecule is CCn1ccnc1COc1ccn2c(-c3cc(OC)c(C(=O)NC4CC4)c(OC(F)F)c3)cnc2c1. The van der Waals surface area contributed by atoms with Crippen molar-refractivity contribution in [2.45, 2.75) is 45.6 Å². The van der Waals surface area contributed by atoms with E-state index in [4.69, 9.17) is 14.2 Å². The van der Waals surface area contributed by atoms with E-state index in [1.165, 1.54) is 13.2 Å². The van der Waals surface area contributed by atoms with Crippen LogP contribution in [0.1, 0.15) is 35.9 Å². The molecule has 1 fully saturated rings. The summed E-state index contributed by atoms with van der Waals surface area (Å²) in [5.74, 6) is 0.768.